The van der Waals surface area contributed by atoms with Crippen LogP contribution >= 0.6 is 0 Å². The van der Waals surface area contributed by atoms with Crippen LogP contribution in [0.2, 0.25) is 0 Å². The zero-order chi connectivity index (χ0) is 23.0. The Morgan fingerprint density at radius 2 is 1.33 bits per heavy atom. The first kappa shape index (κ1) is 24.3. The number of quaternary nitrogens is 3. The molecule has 3 N–H and O–H groups in total. The Labute approximate surface area is 194 Å². The minimum atomic E-state index is -0.718. The van der Waals surface area contributed by atoms with Gasteiger partial charge in [0.15, 0.2) is 23.2 Å². The van der Waals surface area contributed by atoms with Gasteiger partial charge in [-0.15, -0.1) is 5.23 Å². The monoisotopic (exact) mass is 461 g/mol. The van der Waals surface area contributed by atoms with Gasteiger partial charge in [0, 0.05) is 6.08 Å². The lowest BCUT2D eigenvalue weighted by Crippen LogP contribution is -3.14. The Balaban J connectivity index is 1.47. The van der Waals surface area contributed by atoms with Crippen LogP contribution in [-0.2, 0) is 9.68 Å². The largest absolute Gasteiger partial charge is 0.599 e. The maximum absolute atomic E-state index is 13.0. The van der Waals surface area contributed by atoms with Gasteiger partial charge in [0.25, 0.3) is 0 Å². The Morgan fingerprint density at radius 3 is 1.97 bits per heavy atom. The molecule has 0 aliphatic heterocycles. The topological polar surface area (TPSA) is 110 Å². The Kier molecular flexibility index (Phi) is 8.88. The van der Waals surface area contributed by atoms with Crippen molar-refractivity contribution in [1.82, 2.24) is 0 Å². The molecule has 0 heterocycles. The molecule has 4 rings (SSSR count). The minimum Gasteiger partial charge on any atom is -0.599 e. The number of hydrogen-bond acceptors (Lipinski definition) is 6. The molecular formula is C24H35N3O6. The van der Waals surface area contributed by atoms with Crippen molar-refractivity contribution in [3.63, 3.8) is 0 Å². The second kappa shape index (κ2) is 12.0. The van der Waals surface area contributed by atoms with Crippen molar-refractivity contribution in [2.75, 3.05) is 0 Å². The molecule has 0 aromatic heterocycles. The van der Waals surface area contributed by atoms with E-state index in [-0.39, 0.29) is 30.0 Å². The number of allylic oxidation sites excluding steroid dienone is 1. The van der Waals surface area contributed by atoms with Gasteiger partial charge in [-0.3, -0.25) is 0 Å². The minimum absolute atomic E-state index is 0.0945. The molecule has 2 saturated carbocycles. The van der Waals surface area contributed by atoms with Gasteiger partial charge in [0.05, 0.1) is 12.5 Å². The van der Waals surface area contributed by atoms with Crippen molar-refractivity contribution in [2.45, 2.75) is 88.9 Å². The summed E-state index contributed by atoms with van der Waals surface area (Å²) in [5.41, 5.74) is 0.486. The average Bonchev–Trinajstić information content (AvgIpc) is 2.85. The van der Waals surface area contributed by atoms with Crippen LogP contribution in [0.4, 0.5) is 0 Å². The fourth-order valence-electron chi connectivity index (χ4n) is 4.73. The summed E-state index contributed by atoms with van der Waals surface area (Å²) in [7, 11) is 0. The quantitative estimate of drug-likeness (QED) is 0.477. The smallest absolute Gasteiger partial charge is 0.191 e. The molecule has 3 aliphatic rings. The van der Waals surface area contributed by atoms with Crippen molar-refractivity contribution in [3.05, 3.63) is 69.5 Å². The average molecular weight is 462 g/mol. The Hall–Kier alpha value is -1.82. The summed E-state index contributed by atoms with van der Waals surface area (Å²) in [6, 6.07) is 8.03. The van der Waals surface area contributed by atoms with E-state index in [2.05, 4.69) is 0 Å². The van der Waals surface area contributed by atoms with Crippen LogP contribution in [0.1, 0.15) is 70.6 Å². The van der Waals surface area contributed by atoms with Crippen LogP contribution in [0, 0.1) is 15.6 Å². The molecule has 0 radical (unpaired) electrons. The van der Waals surface area contributed by atoms with Crippen LogP contribution < -0.4 is 20.5 Å². The molecule has 0 amide bonds. The molecule has 0 bridgehead atoms. The summed E-state index contributed by atoms with van der Waals surface area (Å²) in [5.74, 6) is 0.408. The van der Waals surface area contributed by atoms with E-state index in [1.165, 1.54) is 6.08 Å². The third-order valence-corrected chi connectivity index (χ3v) is 6.57. The number of para-hydroxylation sites is 1. The predicted octanol–water partition coefficient (Wildman–Crippen LogP) is 1.20. The number of nitrogens with one attached hydrogen (secondary N) is 3. The molecule has 4 atom stereocenters. The van der Waals surface area contributed by atoms with Crippen LogP contribution in [-0.4, -0.2) is 18.2 Å². The normalized spacial score (nSPS) is 25.6. The van der Waals surface area contributed by atoms with E-state index in [1.807, 2.05) is 6.07 Å². The molecule has 0 spiro atoms. The number of rotatable bonds is 9. The molecule has 0 saturated heterocycles. The zero-order valence-corrected chi connectivity index (χ0v) is 19.0. The first-order valence-corrected chi connectivity index (χ1v) is 12.2. The van der Waals surface area contributed by atoms with Crippen LogP contribution in [0.3, 0.4) is 0 Å². The SMILES string of the molecule is [O-][NH+](OC1CCCCC1)C1=CC([NH+]([O-])OC2CCCCC2)CC([NH+]([O-])Oc2ccccc2)=C1. The summed E-state index contributed by atoms with van der Waals surface area (Å²) in [4.78, 5) is 16.9. The fraction of sp³-hybridized carbons (Fsp3) is 0.583. The highest BCUT2D eigenvalue weighted by atomic mass is 16.9. The molecule has 9 nitrogen and oxygen atoms in total. The van der Waals surface area contributed by atoms with Gasteiger partial charge in [0.1, 0.15) is 12.2 Å². The molecule has 9 heteroatoms. The first-order chi connectivity index (χ1) is 16.1. The molecule has 182 valence electrons. The van der Waals surface area contributed by atoms with Gasteiger partial charge in [-0.2, -0.15) is 10.1 Å². The Bertz CT molecular complexity index is 793. The summed E-state index contributed by atoms with van der Waals surface area (Å²) < 4.78 is 0. The van der Waals surface area contributed by atoms with E-state index in [9.17, 15) is 15.6 Å². The third kappa shape index (κ3) is 7.08. The van der Waals surface area contributed by atoms with Crippen LogP contribution in [0.25, 0.3) is 0 Å². The number of hydrogen-bond donors (Lipinski definition) is 3. The lowest BCUT2D eigenvalue weighted by molar-refractivity contribution is -1.08. The molecule has 1 aromatic carbocycles. The van der Waals surface area contributed by atoms with Crippen molar-refractivity contribution in [3.8, 4) is 5.75 Å². The molecular weight excluding hydrogens is 426 g/mol. The van der Waals surface area contributed by atoms with Gasteiger partial charge in [-0.1, -0.05) is 56.7 Å². The molecule has 3 aliphatic carbocycles. The van der Waals surface area contributed by atoms with Gasteiger partial charge in [-0.05, 0) is 37.8 Å². The Morgan fingerprint density at radius 1 is 0.727 bits per heavy atom. The van der Waals surface area contributed by atoms with E-state index in [0.29, 0.717) is 5.75 Å². The predicted molar refractivity (Wildman–Crippen MR) is 121 cm³/mol. The highest BCUT2D eigenvalue weighted by molar-refractivity contribution is 5.22. The summed E-state index contributed by atoms with van der Waals surface area (Å²) >= 11 is 0. The maximum Gasteiger partial charge on any atom is 0.191 e. The van der Waals surface area contributed by atoms with Crippen LogP contribution in [0.5, 0.6) is 5.75 Å². The summed E-state index contributed by atoms with van der Waals surface area (Å²) in [6.45, 7) is 0. The number of benzene rings is 1. The lowest BCUT2D eigenvalue weighted by atomic mass is 9.98. The van der Waals surface area contributed by atoms with Crippen molar-refractivity contribution < 1.29 is 30.2 Å². The second-order valence-electron chi connectivity index (χ2n) is 9.17. The molecule has 2 fully saturated rings. The van der Waals surface area contributed by atoms with Crippen molar-refractivity contribution in [1.29, 1.82) is 0 Å². The van der Waals surface area contributed by atoms with Crippen molar-refractivity contribution in [2.24, 2.45) is 0 Å². The van der Waals surface area contributed by atoms with E-state index in [4.69, 9.17) is 14.5 Å². The molecule has 1 aromatic rings. The van der Waals surface area contributed by atoms with E-state index in [0.717, 1.165) is 64.2 Å². The third-order valence-electron chi connectivity index (χ3n) is 6.57. The van der Waals surface area contributed by atoms with E-state index >= 15 is 0 Å². The highest BCUT2D eigenvalue weighted by Gasteiger charge is 2.32. The second-order valence-corrected chi connectivity index (χ2v) is 9.17. The molecule has 4 unspecified atom stereocenters. The number of hydroxylamine groups is 6. The standard InChI is InChI=1S/C24H35N3O6/c28-25(31-22-10-4-1-5-11-22)19-16-20(26(29)32-23-12-6-2-7-13-23)18-21(17-19)27(30)33-24-14-8-3-9-15-24/h1,4-5,10-11,16,18,21,23-27H,2-3,6-9,12-15,17H2. The van der Waals surface area contributed by atoms with Crippen molar-refractivity contribution >= 4 is 0 Å². The van der Waals surface area contributed by atoms with Gasteiger partial charge < -0.3 is 20.5 Å². The maximum atomic E-state index is 13.0. The van der Waals surface area contributed by atoms with E-state index < -0.39 is 21.7 Å². The first-order valence-electron chi connectivity index (χ1n) is 12.2. The van der Waals surface area contributed by atoms with E-state index in [1.54, 1.807) is 30.3 Å². The lowest BCUT2D eigenvalue weighted by Gasteiger charge is -2.35. The van der Waals surface area contributed by atoms with Gasteiger partial charge in [-0.25, -0.2) is 10.1 Å². The molecule has 33 heavy (non-hydrogen) atoms. The van der Waals surface area contributed by atoms with Gasteiger partial charge >= 0.3 is 0 Å². The van der Waals surface area contributed by atoms with Gasteiger partial charge in [0.2, 0.25) is 0 Å². The summed E-state index contributed by atoms with van der Waals surface area (Å²) in [6.07, 6.45) is 12.9. The fourth-order valence-corrected chi connectivity index (χ4v) is 4.73. The summed E-state index contributed by atoms with van der Waals surface area (Å²) in [5, 5.41) is 37.3. The van der Waals surface area contributed by atoms with Crippen LogP contribution in [0.15, 0.2) is 53.9 Å². The highest BCUT2D eigenvalue weighted by Crippen LogP contribution is 2.20. The zero-order valence-electron chi connectivity index (χ0n) is 19.0.